The van der Waals surface area contributed by atoms with Gasteiger partial charge in [-0.2, -0.15) is 0 Å². The molecule has 0 radical (unpaired) electrons. The van der Waals surface area contributed by atoms with Gasteiger partial charge < -0.3 is 9.84 Å². The number of halogens is 2. The van der Waals surface area contributed by atoms with Gasteiger partial charge in [0.25, 0.3) is 0 Å². The van der Waals surface area contributed by atoms with E-state index in [1.807, 2.05) is 22.6 Å². The molecule has 0 spiro atoms. The predicted molar refractivity (Wildman–Crippen MR) is 73.2 cm³/mol. The summed E-state index contributed by atoms with van der Waals surface area (Å²) in [6.45, 7) is 0. The molecule has 92 valence electrons. The minimum absolute atomic E-state index is 0.0220. The molecule has 1 heterocycles. The molecule has 0 saturated carbocycles. The van der Waals surface area contributed by atoms with E-state index in [0.29, 0.717) is 8.59 Å². The summed E-state index contributed by atoms with van der Waals surface area (Å²) in [5.41, 5.74) is 0.0220. The lowest BCUT2D eigenvalue weighted by molar-refractivity contribution is 0.0694. The summed E-state index contributed by atoms with van der Waals surface area (Å²) in [4.78, 5) is 18.8. The average molecular weight is 377 g/mol. The highest BCUT2D eigenvalue weighted by Gasteiger charge is 2.14. The summed E-state index contributed by atoms with van der Waals surface area (Å²) >= 11 is 7.81. The van der Waals surface area contributed by atoms with Gasteiger partial charge in [-0.05, 0) is 34.7 Å². The molecule has 0 atom stereocenters. The Hall–Kier alpha value is -1.41. The number of carboxylic acid groups (broad SMARTS) is 1. The maximum atomic E-state index is 11.1. The first-order chi connectivity index (χ1) is 8.58. The van der Waals surface area contributed by atoms with Crippen LogP contribution in [0.15, 0.2) is 30.7 Å². The van der Waals surface area contributed by atoms with Gasteiger partial charge in [0.05, 0.1) is 3.57 Å². The molecule has 5 nitrogen and oxygen atoms in total. The number of nitrogens with zero attached hydrogens (tertiary/aromatic N) is 2. The minimum atomic E-state index is -1.09. The minimum Gasteiger partial charge on any atom is -0.478 e. The first-order valence-electron chi connectivity index (χ1n) is 4.74. The van der Waals surface area contributed by atoms with Crippen LogP contribution in [0.1, 0.15) is 10.4 Å². The molecule has 0 bridgehead atoms. The van der Waals surface area contributed by atoms with Crippen LogP contribution in [0, 0.1) is 3.57 Å². The first kappa shape index (κ1) is 13.0. The number of carbonyl (C=O) groups is 1. The third kappa shape index (κ3) is 2.88. The van der Waals surface area contributed by atoms with Crippen LogP contribution in [-0.4, -0.2) is 21.0 Å². The van der Waals surface area contributed by atoms with E-state index in [4.69, 9.17) is 21.4 Å². The monoisotopic (exact) mass is 376 g/mol. The number of carboxylic acids is 1. The van der Waals surface area contributed by atoms with E-state index in [9.17, 15) is 4.79 Å². The van der Waals surface area contributed by atoms with Gasteiger partial charge in [-0.1, -0.05) is 11.6 Å². The summed E-state index contributed by atoms with van der Waals surface area (Å²) in [7, 11) is 0. The molecule has 1 N–H and O–H groups in total. The van der Waals surface area contributed by atoms with Gasteiger partial charge in [-0.3, -0.25) is 0 Å². The van der Waals surface area contributed by atoms with Crippen molar-refractivity contribution in [3.8, 4) is 11.6 Å². The smallest absolute Gasteiger partial charge is 0.339 e. The second kappa shape index (κ2) is 5.49. The van der Waals surface area contributed by atoms with Crippen molar-refractivity contribution in [1.29, 1.82) is 0 Å². The molecule has 1 aromatic heterocycles. The van der Waals surface area contributed by atoms with Crippen molar-refractivity contribution >= 4 is 40.2 Å². The Morgan fingerprint density at radius 3 is 2.89 bits per heavy atom. The molecule has 1 aromatic carbocycles. The van der Waals surface area contributed by atoms with Crippen molar-refractivity contribution in [3.63, 3.8) is 0 Å². The van der Waals surface area contributed by atoms with Crippen molar-refractivity contribution in [2.24, 2.45) is 0 Å². The number of hydrogen-bond acceptors (Lipinski definition) is 4. The molecule has 0 fully saturated rings. The largest absolute Gasteiger partial charge is 0.478 e. The zero-order valence-electron chi connectivity index (χ0n) is 8.80. The Balaban J connectivity index is 2.42. The molecule has 7 heteroatoms. The van der Waals surface area contributed by atoms with Crippen molar-refractivity contribution in [1.82, 2.24) is 9.97 Å². The molecule has 0 amide bonds. The molecular formula is C11H6ClIN2O3. The zero-order valence-corrected chi connectivity index (χ0v) is 11.7. The quantitative estimate of drug-likeness (QED) is 0.833. The van der Waals surface area contributed by atoms with Crippen LogP contribution in [0.3, 0.4) is 0 Å². The predicted octanol–water partition coefficient (Wildman–Crippen LogP) is 3.23. The number of ether oxygens (including phenoxy) is 1. The topological polar surface area (TPSA) is 72.3 Å². The van der Waals surface area contributed by atoms with Gasteiger partial charge in [-0.25, -0.2) is 14.8 Å². The van der Waals surface area contributed by atoms with Gasteiger partial charge in [-0.15, -0.1) is 0 Å². The number of aromatic carboxylic acids is 1. The zero-order chi connectivity index (χ0) is 13.1. The van der Waals surface area contributed by atoms with Crippen molar-refractivity contribution in [2.45, 2.75) is 0 Å². The van der Waals surface area contributed by atoms with Crippen LogP contribution in [0.25, 0.3) is 0 Å². The van der Waals surface area contributed by atoms with Crippen molar-refractivity contribution < 1.29 is 14.6 Å². The molecule has 18 heavy (non-hydrogen) atoms. The fourth-order valence-corrected chi connectivity index (χ4v) is 1.81. The summed E-state index contributed by atoms with van der Waals surface area (Å²) in [5.74, 6) is -0.660. The second-order valence-electron chi connectivity index (χ2n) is 3.22. The first-order valence-corrected chi connectivity index (χ1v) is 6.20. The number of rotatable bonds is 3. The Labute approximate surface area is 121 Å². The Bertz CT molecular complexity index is 607. The third-order valence-corrected chi connectivity index (χ3v) is 2.99. The van der Waals surface area contributed by atoms with Crippen LogP contribution in [0.4, 0.5) is 0 Å². The standard InChI is InChI=1S/C11H6ClIN2O3/c12-6-1-2-7(11(16)17)9(3-6)18-10-8(13)4-14-5-15-10/h1-5H,(H,16,17). The Morgan fingerprint density at radius 2 is 2.22 bits per heavy atom. The van der Waals surface area contributed by atoms with Gasteiger partial charge in [0.1, 0.15) is 17.6 Å². The number of aromatic nitrogens is 2. The van der Waals surface area contributed by atoms with Gasteiger partial charge >= 0.3 is 5.97 Å². The maximum absolute atomic E-state index is 11.1. The molecule has 0 aliphatic heterocycles. The highest BCUT2D eigenvalue weighted by molar-refractivity contribution is 14.1. The molecule has 0 aliphatic carbocycles. The third-order valence-electron chi connectivity index (χ3n) is 2.01. The van der Waals surface area contributed by atoms with Crippen LogP contribution in [0.5, 0.6) is 11.6 Å². The SMILES string of the molecule is O=C(O)c1ccc(Cl)cc1Oc1ncncc1I. The Kier molecular flexibility index (Phi) is 3.97. The molecule has 2 rings (SSSR count). The highest BCUT2D eigenvalue weighted by Crippen LogP contribution is 2.29. The summed E-state index contributed by atoms with van der Waals surface area (Å²) < 4.78 is 6.13. The van der Waals surface area contributed by atoms with Crippen LogP contribution in [-0.2, 0) is 0 Å². The summed E-state index contributed by atoms with van der Waals surface area (Å²) in [5, 5.41) is 9.43. The number of hydrogen-bond donors (Lipinski definition) is 1. The fraction of sp³-hybridized carbons (Fsp3) is 0. The van der Waals surface area contributed by atoms with E-state index in [0.717, 1.165) is 0 Å². The van der Waals surface area contributed by atoms with Crippen LogP contribution < -0.4 is 4.74 Å². The van der Waals surface area contributed by atoms with Crippen molar-refractivity contribution in [3.05, 3.63) is 44.9 Å². The lowest BCUT2D eigenvalue weighted by atomic mass is 10.2. The summed E-state index contributed by atoms with van der Waals surface area (Å²) in [6, 6.07) is 4.31. The fourth-order valence-electron chi connectivity index (χ4n) is 1.24. The normalized spacial score (nSPS) is 10.1. The van der Waals surface area contributed by atoms with Gasteiger partial charge in [0, 0.05) is 17.3 Å². The lowest BCUT2D eigenvalue weighted by Gasteiger charge is -2.09. The van der Waals surface area contributed by atoms with E-state index in [1.165, 1.54) is 24.5 Å². The summed E-state index contributed by atoms with van der Waals surface area (Å²) in [6.07, 6.45) is 2.89. The molecule has 0 unspecified atom stereocenters. The van der Waals surface area contributed by atoms with Crippen LogP contribution >= 0.6 is 34.2 Å². The molecule has 0 aliphatic rings. The second-order valence-corrected chi connectivity index (χ2v) is 4.82. The molecular weight excluding hydrogens is 370 g/mol. The molecule has 2 aromatic rings. The van der Waals surface area contributed by atoms with Crippen LogP contribution in [0.2, 0.25) is 5.02 Å². The lowest BCUT2D eigenvalue weighted by Crippen LogP contribution is -2.01. The van der Waals surface area contributed by atoms with Crippen molar-refractivity contribution in [2.75, 3.05) is 0 Å². The number of benzene rings is 1. The maximum Gasteiger partial charge on any atom is 0.339 e. The van der Waals surface area contributed by atoms with E-state index in [1.54, 1.807) is 6.20 Å². The molecule has 0 saturated heterocycles. The van der Waals surface area contributed by atoms with Gasteiger partial charge in [0.2, 0.25) is 5.88 Å². The van der Waals surface area contributed by atoms with E-state index in [-0.39, 0.29) is 17.2 Å². The van der Waals surface area contributed by atoms with E-state index in [2.05, 4.69) is 9.97 Å². The van der Waals surface area contributed by atoms with E-state index >= 15 is 0 Å². The van der Waals surface area contributed by atoms with Gasteiger partial charge in [0.15, 0.2) is 0 Å². The average Bonchev–Trinajstić information content (AvgIpc) is 2.32. The Morgan fingerprint density at radius 1 is 1.44 bits per heavy atom. The van der Waals surface area contributed by atoms with E-state index < -0.39 is 5.97 Å². The highest BCUT2D eigenvalue weighted by atomic mass is 127.